The van der Waals surface area contributed by atoms with Crippen LogP contribution in [0.2, 0.25) is 0 Å². The Kier molecular flexibility index (Phi) is 4.21. The van der Waals surface area contributed by atoms with Crippen molar-refractivity contribution in [3.05, 3.63) is 65.2 Å². The third-order valence-corrected chi connectivity index (χ3v) is 5.51. The molecular weight excluding hydrogens is 328 g/mol. The summed E-state index contributed by atoms with van der Waals surface area (Å²) < 4.78 is 27.1. The van der Waals surface area contributed by atoms with Crippen molar-refractivity contribution in [3.63, 3.8) is 0 Å². The number of imide groups is 1. The lowest BCUT2D eigenvalue weighted by Gasteiger charge is -2.15. The molecule has 124 valence electrons. The second-order valence-electron chi connectivity index (χ2n) is 5.47. The monoisotopic (exact) mass is 344 g/mol. The van der Waals surface area contributed by atoms with Crippen LogP contribution in [-0.2, 0) is 10.0 Å². The summed E-state index contributed by atoms with van der Waals surface area (Å²) in [6.45, 7) is 1.65. The van der Waals surface area contributed by atoms with Crippen LogP contribution in [0.25, 0.3) is 0 Å². The van der Waals surface area contributed by atoms with Crippen molar-refractivity contribution in [2.75, 3.05) is 13.1 Å². The third-order valence-electron chi connectivity index (χ3n) is 3.89. The van der Waals surface area contributed by atoms with Gasteiger partial charge in [-0.3, -0.25) is 14.5 Å². The lowest BCUT2D eigenvalue weighted by molar-refractivity contribution is 0.0657. The minimum Gasteiger partial charge on any atom is -0.273 e. The van der Waals surface area contributed by atoms with E-state index in [1.54, 1.807) is 49.4 Å². The standard InChI is InChI=1S/C17H16N2O4S/c1-12-6-2-5-9-15(12)24(22,23)18-10-11-19-16(20)13-7-3-4-8-14(13)17(19)21/h2-9,18H,10-11H2,1H3. The van der Waals surface area contributed by atoms with Gasteiger partial charge >= 0.3 is 0 Å². The van der Waals surface area contributed by atoms with E-state index in [2.05, 4.69) is 4.72 Å². The van der Waals surface area contributed by atoms with Crippen molar-refractivity contribution in [2.45, 2.75) is 11.8 Å². The fraction of sp³-hybridized carbons (Fsp3) is 0.176. The van der Waals surface area contributed by atoms with Crippen LogP contribution in [-0.4, -0.2) is 38.2 Å². The molecule has 1 aliphatic rings. The summed E-state index contributed by atoms with van der Waals surface area (Å²) in [5, 5.41) is 0. The summed E-state index contributed by atoms with van der Waals surface area (Å²) in [7, 11) is -3.68. The van der Waals surface area contributed by atoms with Crippen LogP contribution in [0.1, 0.15) is 26.3 Å². The van der Waals surface area contributed by atoms with E-state index in [9.17, 15) is 18.0 Å². The Morgan fingerprint density at radius 3 is 2.04 bits per heavy atom. The van der Waals surface area contributed by atoms with Gasteiger partial charge in [-0.2, -0.15) is 0 Å². The molecule has 0 bridgehead atoms. The molecule has 2 amide bonds. The van der Waals surface area contributed by atoms with Crippen LogP contribution in [0.3, 0.4) is 0 Å². The maximum atomic E-state index is 12.3. The molecule has 3 rings (SSSR count). The van der Waals surface area contributed by atoms with E-state index < -0.39 is 21.8 Å². The van der Waals surface area contributed by atoms with Gasteiger partial charge in [0, 0.05) is 13.1 Å². The first-order valence-electron chi connectivity index (χ1n) is 7.42. The molecule has 0 atom stereocenters. The van der Waals surface area contributed by atoms with Crippen LogP contribution >= 0.6 is 0 Å². The van der Waals surface area contributed by atoms with Gasteiger partial charge in [0.15, 0.2) is 0 Å². The molecule has 0 aliphatic carbocycles. The van der Waals surface area contributed by atoms with Crippen molar-refractivity contribution >= 4 is 21.8 Å². The normalized spacial score (nSPS) is 14.1. The number of hydrogen-bond donors (Lipinski definition) is 1. The number of carbonyl (C=O) groups is 2. The van der Waals surface area contributed by atoms with Gasteiger partial charge in [0.2, 0.25) is 10.0 Å². The van der Waals surface area contributed by atoms with E-state index in [1.165, 1.54) is 6.07 Å². The van der Waals surface area contributed by atoms with Crippen molar-refractivity contribution in [1.29, 1.82) is 0 Å². The quantitative estimate of drug-likeness (QED) is 0.835. The van der Waals surface area contributed by atoms with Crippen LogP contribution in [0.5, 0.6) is 0 Å². The molecule has 0 radical (unpaired) electrons. The van der Waals surface area contributed by atoms with Gasteiger partial charge in [0.25, 0.3) is 11.8 Å². The molecule has 1 N–H and O–H groups in total. The minimum absolute atomic E-state index is 0.0164. The Hall–Kier alpha value is -2.51. The SMILES string of the molecule is Cc1ccccc1S(=O)(=O)NCCN1C(=O)c2ccccc2C1=O. The van der Waals surface area contributed by atoms with Crippen LogP contribution in [0.15, 0.2) is 53.4 Å². The highest BCUT2D eigenvalue weighted by Gasteiger charge is 2.34. The number of nitrogens with one attached hydrogen (secondary N) is 1. The molecule has 0 spiro atoms. The van der Waals surface area contributed by atoms with E-state index in [-0.39, 0.29) is 18.0 Å². The highest BCUT2D eigenvalue weighted by molar-refractivity contribution is 7.89. The van der Waals surface area contributed by atoms with Crippen molar-refractivity contribution < 1.29 is 18.0 Å². The summed E-state index contributed by atoms with van der Waals surface area (Å²) in [4.78, 5) is 25.7. The molecule has 24 heavy (non-hydrogen) atoms. The van der Waals surface area contributed by atoms with Gasteiger partial charge in [-0.25, -0.2) is 13.1 Å². The second-order valence-corrected chi connectivity index (χ2v) is 7.21. The number of rotatable bonds is 5. The summed E-state index contributed by atoms with van der Waals surface area (Å²) in [5.74, 6) is -0.795. The highest BCUT2D eigenvalue weighted by Crippen LogP contribution is 2.22. The number of fused-ring (bicyclic) bond motifs is 1. The van der Waals surface area contributed by atoms with Gasteiger partial charge in [0.1, 0.15) is 0 Å². The molecule has 1 heterocycles. The van der Waals surface area contributed by atoms with Crippen molar-refractivity contribution in [1.82, 2.24) is 9.62 Å². The van der Waals surface area contributed by atoms with Gasteiger partial charge in [-0.15, -0.1) is 0 Å². The van der Waals surface area contributed by atoms with Crippen molar-refractivity contribution in [3.8, 4) is 0 Å². The van der Waals surface area contributed by atoms with Gasteiger partial charge in [-0.05, 0) is 30.7 Å². The predicted octanol–water partition coefficient (Wildman–Crippen LogP) is 1.57. The smallest absolute Gasteiger partial charge is 0.261 e. The van der Waals surface area contributed by atoms with Crippen LogP contribution in [0.4, 0.5) is 0 Å². The maximum Gasteiger partial charge on any atom is 0.261 e. The molecule has 2 aromatic rings. The summed E-state index contributed by atoms with van der Waals surface area (Å²) in [6, 6.07) is 13.2. The molecule has 0 saturated heterocycles. The Morgan fingerprint density at radius 1 is 0.917 bits per heavy atom. The lowest BCUT2D eigenvalue weighted by atomic mass is 10.1. The second kappa shape index (κ2) is 6.18. The Balaban J connectivity index is 1.69. The van der Waals surface area contributed by atoms with E-state index in [0.29, 0.717) is 16.7 Å². The van der Waals surface area contributed by atoms with E-state index in [1.807, 2.05) is 0 Å². The molecule has 0 unspecified atom stereocenters. The Morgan fingerprint density at radius 2 is 1.46 bits per heavy atom. The van der Waals surface area contributed by atoms with Crippen LogP contribution < -0.4 is 4.72 Å². The summed E-state index contributed by atoms with van der Waals surface area (Å²) in [5.41, 5.74) is 1.33. The molecule has 7 heteroatoms. The van der Waals surface area contributed by atoms with Gasteiger partial charge < -0.3 is 0 Å². The molecule has 1 aliphatic heterocycles. The molecule has 6 nitrogen and oxygen atoms in total. The molecular formula is C17H16N2O4S. The topological polar surface area (TPSA) is 83.6 Å². The zero-order valence-corrected chi connectivity index (χ0v) is 13.8. The average Bonchev–Trinajstić information content (AvgIpc) is 2.80. The molecule has 0 fully saturated rings. The first kappa shape index (κ1) is 16.4. The number of carbonyl (C=O) groups excluding carboxylic acids is 2. The third kappa shape index (κ3) is 2.83. The fourth-order valence-corrected chi connectivity index (χ4v) is 3.93. The van der Waals surface area contributed by atoms with Crippen LogP contribution in [0, 0.1) is 6.92 Å². The summed E-state index contributed by atoms with van der Waals surface area (Å²) >= 11 is 0. The highest BCUT2D eigenvalue weighted by atomic mass is 32.2. The maximum absolute atomic E-state index is 12.3. The zero-order chi connectivity index (χ0) is 17.3. The van der Waals surface area contributed by atoms with E-state index >= 15 is 0 Å². The zero-order valence-electron chi connectivity index (χ0n) is 13.0. The molecule has 0 aromatic heterocycles. The number of hydrogen-bond acceptors (Lipinski definition) is 4. The van der Waals surface area contributed by atoms with Gasteiger partial charge in [0.05, 0.1) is 16.0 Å². The largest absolute Gasteiger partial charge is 0.273 e. The predicted molar refractivity (Wildman–Crippen MR) is 88.2 cm³/mol. The number of benzene rings is 2. The average molecular weight is 344 g/mol. The Labute approximate surface area is 140 Å². The Bertz CT molecular complexity index is 887. The first-order chi connectivity index (χ1) is 11.4. The lowest BCUT2D eigenvalue weighted by Crippen LogP contribution is -2.38. The number of sulfonamides is 1. The molecule has 2 aromatic carbocycles. The summed E-state index contributed by atoms with van der Waals surface area (Å²) in [6.07, 6.45) is 0. The number of amides is 2. The minimum atomic E-state index is -3.68. The van der Waals surface area contributed by atoms with E-state index in [4.69, 9.17) is 0 Å². The number of aryl methyl sites for hydroxylation is 1. The fourth-order valence-electron chi connectivity index (χ4n) is 2.67. The first-order valence-corrected chi connectivity index (χ1v) is 8.90. The van der Waals surface area contributed by atoms with Gasteiger partial charge in [-0.1, -0.05) is 30.3 Å². The molecule has 0 saturated carbocycles. The van der Waals surface area contributed by atoms with Crippen molar-refractivity contribution in [2.24, 2.45) is 0 Å². The number of nitrogens with zero attached hydrogens (tertiary/aromatic N) is 1. The van der Waals surface area contributed by atoms with E-state index in [0.717, 1.165) is 4.90 Å².